The zero-order chi connectivity index (χ0) is 21.0. The van der Waals surface area contributed by atoms with Crippen LogP contribution < -0.4 is 10.2 Å². The number of carbonyl (C=O) groups is 2. The molecular formula is C23H27ClN2O3. The molecule has 0 saturated heterocycles. The van der Waals surface area contributed by atoms with E-state index in [0.29, 0.717) is 17.1 Å². The second-order valence-electron chi connectivity index (χ2n) is 8.20. The SMILES string of the molecule is CC(C)(C)OC(=O)NCc1ccc(C(=O)N2CCCCc3ccccc32)cc1Cl. The second kappa shape index (κ2) is 8.87. The normalized spacial score (nSPS) is 14.0. The predicted molar refractivity (Wildman–Crippen MR) is 116 cm³/mol. The van der Waals surface area contributed by atoms with Gasteiger partial charge >= 0.3 is 6.09 Å². The van der Waals surface area contributed by atoms with E-state index in [9.17, 15) is 9.59 Å². The smallest absolute Gasteiger partial charge is 0.407 e. The summed E-state index contributed by atoms with van der Waals surface area (Å²) in [5, 5.41) is 3.13. The molecular weight excluding hydrogens is 388 g/mol. The van der Waals surface area contributed by atoms with E-state index in [1.165, 1.54) is 5.56 Å². The van der Waals surface area contributed by atoms with Crippen molar-refractivity contribution >= 4 is 29.3 Å². The molecule has 0 bridgehead atoms. The predicted octanol–water partition coefficient (Wildman–Crippen LogP) is 5.35. The summed E-state index contributed by atoms with van der Waals surface area (Å²) in [5.74, 6) is -0.0621. The molecule has 0 aliphatic carbocycles. The fourth-order valence-electron chi connectivity index (χ4n) is 3.36. The summed E-state index contributed by atoms with van der Waals surface area (Å²) in [5.41, 5.74) is 2.87. The number of aryl methyl sites for hydroxylation is 1. The van der Waals surface area contributed by atoms with E-state index in [1.54, 1.807) is 39.0 Å². The number of rotatable bonds is 3. The van der Waals surface area contributed by atoms with Crippen LogP contribution in [-0.4, -0.2) is 24.1 Å². The molecule has 154 valence electrons. The number of alkyl carbamates (subject to hydrolysis) is 1. The lowest BCUT2D eigenvalue weighted by molar-refractivity contribution is 0.0523. The summed E-state index contributed by atoms with van der Waals surface area (Å²) in [6.07, 6.45) is 2.51. The van der Waals surface area contributed by atoms with Gasteiger partial charge in [-0.3, -0.25) is 4.79 Å². The molecule has 0 aromatic heterocycles. The molecule has 2 amide bonds. The van der Waals surface area contributed by atoms with Crippen molar-refractivity contribution in [2.24, 2.45) is 0 Å². The van der Waals surface area contributed by atoms with E-state index < -0.39 is 11.7 Å². The van der Waals surface area contributed by atoms with Crippen LogP contribution in [0.4, 0.5) is 10.5 Å². The first-order valence-corrected chi connectivity index (χ1v) is 10.3. The van der Waals surface area contributed by atoms with Gasteiger partial charge in [-0.25, -0.2) is 4.79 Å². The Morgan fingerprint density at radius 3 is 2.62 bits per heavy atom. The summed E-state index contributed by atoms with van der Waals surface area (Å²) in [7, 11) is 0. The van der Waals surface area contributed by atoms with Crippen molar-refractivity contribution in [1.29, 1.82) is 0 Å². The summed E-state index contributed by atoms with van der Waals surface area (Å²) < 4.78 is 5.23. The maximum Gasteiger partial charge on any atom is 0.407 e. The third-order valence-electron chi connectivity index (χ3n) is 4.73. The maximum absolute atomic E-state index is 13.2. The van der Waals surface area contributed by atoms with E-state index in [2.05, 4.69) is 11.4 Å². The Hall–Kier alpha value is -2.53. The molecule has 2 aromatic rings. The molecule has 0 saturated carbocycles. The lowest BCUT2D eigenvalue weighted by Gasteiger charge is -2.23. The average Bonchev–Trinajstić information content (AvgIpc) is 2.87. The summed E-state index contributed by atoms with van der Waals surface area (Å²) in [4.78, 5) is 26.9. The lowest BCUT2D eigenvalue weighted by Crippen LogP contribution is -2.32. The molecule has 2 aromatic carbocycles. The molecule has 6 heteroatoms. The van der Waals surface area contributed by atoms with Gasteiger partial charge in [0.15, 0.2) is 0 Å². The topological polar surface area (TPSA) is 58.6 Å². The van der Waals surface area contributed by atoms with Crippen molar-refractivity contribution in [1.82, 2.24) is 5.32 Å². The van der Waals surface area contributed by atoms with Crippen LogP contribution in [0.3, 0.4) is 0 Å². The van der Waals surface area contributed by atoms with E-state index in [4.69, 9.17) is 16.3 Å². The minimum atomic E-state index is -0.562. The van der Waals surface area contributed by atoms with Crippen molar-refractivity contribution in [3.8, 4) is 0 Å². The number of fused-ring (bicyclic) bond motifs is 1. The van der Waals surface area contributed by atoms with Gasteiger partial charge in [0.05, 0.1) is 0 Å². The molecule has 1 heterocycles. The van der Waals surface area contributed by atoms with Crippen LogP contribution in [0.15, 0.2) is 42.5 Å². The van der Waals surface area contributed by atoms with Crippen molar-refractivity contribution < 1.29 is 14.3 Å². The number of ether oxygens (including phenoxy) is 1. The Morgan fingerprint density at radius 2 is 1.90 bits per heavy atom. The molecule has 0 radical (unpaired) electrons. The zero-order valence-electron chi connectivity index (χ0n) is 17.1. The number of nitrogens with one attached hydrogen (secondary N) is 1. The van der Waals surface area contributed by atoms with Gasteiger partial charge in [0.2, 0.25) is 0 Å². The molecule has 1 aliphatic rings. The number of carbonyl (C=O) groups excluding carboxylic acids is 2. The van der Waals surface area contributed by atoms with Crippen LogP contribution in [0.5, 0.6) is 0 Å². The first-order chi connectivity index (χ1) is 13.7. The highest BCUT2D eigenvalue weighted by Gasteiger charge is 2.23. The van der Waals surface area contributed by atoms with Crippen LogP contribution >= 0.6 is 11.6 Å². The summed E-state index contributed by atoms with van der Waals surface area (Å²) >= 11 is 6.40. The molecule has 0 atom stereocenters. The Morgan fingerprint density at radius 1 is 1.14 bits per heavy atom. The number of hydrogen-bond acceptors (Lipinski definition) is 3. The van der Waals surface area contributed by atoms with Gasteiger partial charge in [0.25, 0.3) is 5.91 Å². The minimum absolute atomic E-state index is 0.0621. The third kappa shape index (κ3) is 5.51. The van der Waals surface area contributed by atoms with Crippen LogP contribution in [0.25, 0.3) is 0 Å². The Bertz CT molecular complexity index is 905. The Balaban J connectivity index is 1.73. The number of anilines is 1. The van der Waals surface area contributed by atoms with Gasteiger partial charge in [-0.15, -0.1) is 0 Å². The standard InChI is InChI=1S/C23H27ClN2O3/c1-23(2,3)29-22(28)25-15-18-12-11-17(14-19(18)24)21(27)26-13-7-6-9-16-8-4-5-10-20(16)26/h4-5,8,10-12,14H,6-7,9,13,15H2,1-3H3,(H,25,28). The number of hydrogen-bond donors (Lipinski definition) is 1. The summed E-state index contributed by atoms with van der Waals surface area (Å²) in [6, 6.07) is 13.3. The molecule has 0 spiro atoms. The Kier molecular flexibility index (Phi) is 6.48. The first-order valence-electron chi connectivity index (χ1n) is 9.89. The zero-order valence-corrected chi connectivity index (χ0v) is 17.9. The van der Waals surface area contributed by atoms with Crippen molar-refractivity contribution in [3.05, 3.63) is 64.2 Å². The number of nitrogens with zero attached hydrogens (tertiary/aromatic N) is 1. The first kappa shape index (κ1) is 21.2. The molecule has 1 N–H and O–H groups in total. The minimum Gasteiger partial charge on any atom is -0.444 e. The number of benzene rings is 2. The van der Waals surface area contributed by atoms with E-state index >= 15 is 0 Å². The largest absolute Gasteiger partial charge is 0.444 e. The van der Waals surface area contributed by atoms with E-state index in [1.807, 2.05) is 23.1 Å². The molecule has 0 fully saturated rings. The van der Waals surface area contributed by atoms with Crippen molar-refractivity contribution in [2.45, 2.75) is 52.2 Å². The number of para-hydroxylation sites is 1. The van der Waals surface area contributed by atoms with Crippen LogP contribution in [-0.2, 0) is 17.7 Å². The van der Waals surface area contributed by atoms with Gasteiger partial charge in [-0.05, 0) is 69.4 Å². The van der Waals surface area contributed by atoms with E-state index in [0.717, 1.165) is 30.5 Å². The molecule has 3 rings (SSSR count). The van der Waals surface area contributed by atoms with Gasteiger partial charge in [0.1, 0.15) is 5.60 Å². The quantitative estimate of drug-likeness (QED) is 0.736. The van der Waals surface area contributed by atoms with Crippen LogP contribution in [0.2, 0.25) is 5.02 Å². The van der Waals surface area contributed by atoms with Gasteiger partial charge in [0, 0.05) is 29.4 Å². The maximum atomic E-state index is 13.2. The molecule has 0 unspecified atom stereocenters. The van der Waals surface area contributed by atoms with Crippen molar-refractivity contribution in [2.75, 3.05) is 11.4 Å². The fourth-order valence-corrected chi connectivity index (χ4v) is 3.61. The number of amides is 2. The lowest BCUT2D eigenvalue weighted by atomic mass is 10.1. The van der Waals surface area contributed by atoms with E-state index in [-0.39, 0.29) is 12.5 Å². The highest BCUT2D eigenvalue weighted by Crippen LogP contribution is 2.28. The van der Waals surface area contributed by atoms with Gasteiger partial charge in [-0.1, -0.05) is 35.9 Å². The number of halogens is 1. The van der Waals surface area contributed by atoms with Crippen LogP contribution in [0.1, 0.15) is 55.1 Å². The molecule has 1 aliphatic heterocycles. The molecule has 5 nitrogen and oxygen atoms in total. The Labute approximate surface area is 177 Å². The third-order valence-corrected chi connectivity index (χ3v) is 5.08. The monoisotopic (exact) mass is 414 g/mol. The molecule has 29 heavy (non-hydrogen) atoms. The fraction of sp³-hybridized carbons (Fsp3) is 0.391. The highest BCUT2D eigenvalue weighted by atomic mass is 35.5. The highest BCUT2D eigenvalue weighted by molar-refractivity contribution is 6.31. The van der Waals surface area contributed by atoms with Crippen molar-refractivity contribution in [3.63, 3.8) is 0 Å². The second-order valence-corrected chi connectivity index (χ2v) is 8.61. The van der Waals surface area contributed by atoms with Crippen LogP contribution in [0, 0.1) is 0 Å². The van der Waals surface area contributed by atoms with Gasteiger partial charge in [-0.2, -0.15) is 0 Å². The average molecular weight is 415 g/mol. The summed E-state index contributed by atoms with van der Waals surface area (Å²) in [6.45, 7) is 6.34. The van der Waals surface area contributed by atoms with Gasteiger partial charge < -0.3 is 15.0 Å².